The number of rotatable bonds is 6. The van der Waals surface area contributed by atoms with Gasteiger partial charge >= 0.3 is 5.97 Å². The van der Waals surface area contributed by atoms with Crippen molar-refractivity contribution in [2.45, 2.75) is 26.9 Å². The molecule has 0 saturated heterocycles. The van der Waals surface area contributed by atoms with Crippen molar-refractivity contribution >= 4 is 5.97 Å². The largest absolute Gasteiger partial charge is 0.460 e. The van der Waals surface area contributed by atoms with Crippen LogP contribution in [0.25, 0.3) is 0 Å². The second-order valence-electron chi connectivity index (χ2n) is 2.97. The third-order valence-electron chi connectivity index (χ3n) is 1.31. The molecule has 0 unspecified atom stereocenters. The summed E-state index contributed by atoms with van der Waals surface area (Å²) >= 11 is 0. The van der Waals surface area contributed by atoms with Gasteiger partial charge < -0.3 is 9.47 Å². The van der Waals surface area contributed by atoms with Gasteiger partial charge in [0.1, 0.15) is 6.61 Å². The lowest BCUT2D eigenvalue weighted by Crippen LogP contribution is -2.11. The van der Waals surface area contributed by atoms with E-state index in [9.17, 15) is 4.79 Å². The quantitative estimate of drug-likeness (QED) is 0.284. The first-order valence-corrected chi connectivity index (χ1v) is 4.74. The monoisotopic (exact) mass is 198 g/mol. The molecule has 0 radical (unpaired) electrons. The number of hydrogen-bond donors (Lipinski definition) is 0. The van der Waals surface area contributed by atoms with E-state index in [0.717, 1.165) is 0 Å². The van der Waals surface area contributed by atoms with Gasteiger partial charge in [0.05, 0.1) is 12.7 Å². The van der Waals surface area contributed by atoms with Crippen LogP contribution < -0.4 is 0 Å². The van der Waals surface area contributed by atoms with Gasteiger partial charge in [-0.1, -0.05) is 18.2 Å². The van der Waals surface area contributed by atoms with Crippen molar-refractivity contribution in [3.63, 3.8) is 0 Å². The van der Waals surface area contributed by atoms with Crippen LogP contribution in [0, 0.1) is 0 Å². The maximum absolute atomic E-state index is 11.0. The average Bonchev–Trinajstić information content (AvgIpc) is 2.13. The van der Waals surface area contributed by atoms with Crippen LogP contribution in [0.1, 0.15) is 20.8 Å². The molecule has 0 N–H and O–H groups in total. The Kier molecular flexibility index (Phi) is 7.84. The Morgan fingerprint density at radius 2 is 2.00 bits per heavy atom. The van der Waals surface area contributed by atoms with Gasteiger partial charge in [-0.25, -0.2) is 4.79 Å². The normalized spacial score (nSPS) is 11.7. The summed E-state index contributed by atoms with van der Waals surface area (Å²) in [6.45, 7) is 6.51. The lowest BCUT2D eigenvalue weighted by Gasteiger charge is -2.06. The highest BCUT2D eigenvalue weighted by Gasteiger charge is 1.96. The molecular weight excluding hydrogens is 180 g/mol. The van der Waals surface area contributed by atoms with Crippen LogP contribution in [-0.4, -0.2) is 25.3 Å². The van der Waals surface area contributed by atoms with Crippen LogP contribution in [0.5, 0.6) is 0 Å². The maximum atomic E-state index is 11.0. The molecule has 0 fully saturated rings. The number of ether oxygens (including phenoxy) is 2. The van der Waals surface area contributed by atoms with Crippen molar-refractivity contribution in [1.82, 2.24) is 0 Å². The SMILES string of the molecule is CC=CC=CC(=O)OCCOC(C)C. The predicted octanol–water partition coefficient (Wildman–Crippen LogP) is 2.09. The van der Waals surface area contributed by atoms with Crippen LogP contribution in [0.3, 0.4) is 0 Å². The fraction of sp³-hybridized carbons (Fsp3) is 0.545. The molecule has 14 heavy (non-hydrogen) atoms. The maximum Gasteiger partial charge on any atom is 0.330 e. The molecule has 3 nitrogen and oxygen atoms in total. The Hall–Kier alpha value is -1.09. The third kappa shape index (κ3) is 9.00. The fourth-order valence-electron chi connectivity index (χ4n) is 0.719. The second-order valence-corrected chi connectivity index (χ2v) is 2.97. The highest BCUT2D eigenvalue weighted by molar-refractivity contribution is 5.82. The van der Waals surface area contributed by atoms with Crippen molar-refractivity contribution in [1.29, 1.82) is 0 Å². The summed E-state index contributed by atoms with van der Waals surface area (Å²) in [6.07, 6.45) is 6.81. The Bertz CT molecular complexity index is 205. The van der Waals surface area contributed by atoms with Crippen molar-refractivity contribution < 1.29 is 14.3 Å². The lowest BCUT2D eigenvalue weighted by atomic mass is 10.4. The van der Waals surface area contributed by atoms with Gasteiger partial charge in [-0.2, -0.15) is 0 Å². The van der Waals surface area contributed by atoms with E-state index in [1.807, 2.05) is 26.8 Å². The van der Waals surface area contributed by atoms with E-state index in [1.54, 1.807) is 12.2 Å². The zero-order valence-electron chi connectivity index (χ0n) is 9.03. The zero-order valence-corrected chi connectivity index (χ0v) is 9.03. The fourth-order valence-corrected chi connectivity index (χ4v) is 0.719. The molecule has 0 spiro atoms. The van der Waals surface area contributed by atoms with Crippen molar-refractivity contribution in [2.75, 3.05) is 13.2 Å². The van der Waals surface area contributed by atoms with Crippen LogP contribution in [-0.2, 0) is 14.3 Å². The highest BCUT2D eigenvalue weighted by Crippen LogP contribution is 1.88. The lowest BCUT2D eigenvalue weighted by molar-refractivity contribution is -0.139. The van der Waals surface area contributed by atoms with E-state index in [1.165, 1.54) is 6.08 Å². The number of carbonyl (C=O) groups is 1. The number of allylic oxidation sites excluding steroid dienone is 3. The van der Waals surface area contributed by atoms with Crippen LogP contribution >= 0.6 is 0 Å². The molecule has 0 aliphatic rings. The predicted molar refractivity (Wildman–Crippen MR) is 56.0 cm³/mol. The molecule has 0 bridgehead atoms. The van der Waals surface area contributed by atoms with Crippen LogP contribution in [0.2, 0.25) is 0 Å². The number of esters is 1. The van der Waals surface area contributed by atoms with Crippen molar-refractivity contribution in [3.8, 4) is 0 Å². The standard InChI is InChI=1S/C11H18O3/c1-4-5-6-7-11(12)14-9-8-13-10(2)3/h4-7,10H,8-9H2,1-3H3. The van der Waals surface area contributed by atoms with Gasteiger partial charge in [-0.05, 0) is 20.8 Å². The molecule has 0 rings (SSSR count). The molecule has 0 aliphatic heterocycles. The van der Waals surface area contributed by atoms with Crippen molar-refractivity contribution in [3.05, 3.63) is 24.3 Å². The number of carbonyl (C=O) groups excluding carboxylic acids is 1. The van der Waals surface area contributed by atoms with E-state index in [2.05, 4.69) is 0 Å². The van der Waals surface area contributed by atoms with E-state index in [4.69, 9.17) is 9.47 Å². The highest BCUT2D eigenvalue weighted by atomic mass is 16.6. The molecule has 0 atom stereocenters. The first-order valence-electron chi connectivity index (χ1n) is 4.74. The van der Waals surface area contributed by atoms with Crippen LogP contribution in [0.15, 0.2) is 24.3 Å². The van der Waals surface area contributed by atoms with E-state index in [0.29, 0.717) is 13.2 Å². The smallest absolute Gasteiger partial charge is 0.330 e. The summed E-state index contributed by atoms with van der Waals surface area (Å²) in [4.78, 5) is 11.0. The summed E-state index contributed by atoms with van der Waals surface area (Å²) in [5.74, 6) is -0.338. The van der Waals surface area contributed by atoms with Gasteiger partial charge in [0.15, 0.2) is 0 Å². The van der Waals surface area contributed by atoms with Crippen LogP contribution in [0.4, 0.5) is 0 Å². The first kappa shape index (κ1) is 12.9. The van der Waals surface area contributed by atoms with Gasteiger partial charge in [-0.15, -0.1) is 0 Å². The van der Waals surface area contributed by atoms with Crippen molar-refractivity contribution in [2.24, 2.45) is 0 Å². The summed E-state index contributed by atoms with van der Waals surface area (Å²) in [5, 5.41) is 0. The molecule has 3 heteroatoms. The molecule has 0 saturated carbocycles. The van der Waals surface area contributed by atoms with Gasteiger partial charge in [0.25, 0.3) is 0 Å². The Labute approximate surface area is 85.4 Å². The molecule has 0 heterocycles. The van der Waals surface area contributed by atoms with E-state index in [-0.39, 0.29) is 12.1 Å². The average molecular weight is 198 g/mol. The molecule has 0 aromatic heterocycles. The molecule has 0 aromatic rings. The first-order chi connectivity index (χ1) is 6.66. The minimum Gasteiger partial charge on any atom is -0.460 e. The summed E-state index contributed by atoms with van der Waals surface area (Å²) in [7, 11) is 0. The summed E-state index contributed by atoms with van der Waals surface area (Å²) in [6, 6.07) is 0. The zero-order chi connectivity index (χ0) is 10.8. The Morgan fingerprint density at radius 3 is 2.57 bits per heavy atom. The minimum absolute atomic E-state index is 0.173. The third-order valence-corrected chi connectivity index (χ3v) is 1.31. The van der Waals surface area contributed by atoms with Gasteiger partial charge in [-0.3, -0.25) is 0 Å². The van der Waals surface area contributed by atoms with E-state index >= 15 is 0 Å². The molecule has 0 aliphatic carbocycles. The second kappa shape index (κ2) is 8.51. The molecule has 80 valence electrons. The molecular formula is C11H18O3. The molecule has 0 amide bonds. The Morgan fingerprint density at radius 1 is 1.29 bits per heavy atom. The van der Waals surface area contributed by atoms with E-state index < -0.39 is 0 Å². The minimum atomic E-state index is -0.338. The summed E-state index contributed by atoms with van der Waals surface area (Å²) < 4.78 is 10.1. The number of hydrogen-bond acceptors (Lipinski definition) is 3. The van der Waals surface area contributed by atoms with Gasteiger partial charge in [0, 0.05) is 6.08 Å². The topological polar surface area (TPSA) is 35.5 Å². The van der Waals surface area contributed by atoms with Gasteiger partial charge in [0.2, 0.25) is 0 Å². The Balaban J connectivity index is 3.45. The summed E-state index contributed by atoms with van der Waals surface area (Å²) in [5.41, 5.74) is 0. The molecule has 0 aromatic carbocycles.